The van der Waals surface area contributed by atoms with E-state index < -0.39 is 5.60 Å². The van der Waals surface area contributed by atoms with Crippen molar-refractivity contribution in [1.82, 2.24) is 0 Å². The van der Waals surface area contributed by atoms with Gasteiger partial charge in [-0.1, -0.05) is 51.1 Å². The van der Waals surface area contributed by atoms with Crippen LogP contribution >= 0.6 is 0 Å². The van der Waals surface area contributed by atoms with E-state index in [4.69, 9.17) is 0 Å². The van der Waals surface area contributed by atoms with E-state index in [1.165, 1.54) is 6.92 Å². The zero-order chi connectivity index (χ0) is 13.6. The Hall–Kier alpha value is -1.41. The van der Waals surface area contributed by atoms with Crippen molar-refractivity contribution in [3.63, 3.8) is 0 Å². The molecule has 0 aliphatic heterocycles. The summed E-state index contributed by atoms with van der Waals surface area (Å²) in [6.45, 7) is 7.76. The number of rotatable bonds is 1. The van der Waals surface area contributed by atoms with Crippen molar-refractivity contribution < 1.29 is 9.90 Å². The predicted octanol–water partition coefficient (Wildman–Crippen LogP) is 3.18. The molecule has 1 N–H and O–H groups in total. The van der Waals surface area contributed by atoms with E-state index in [9.17, 15) is 9.90 Å². The number of carbonyl (C=O) groups excluding carboxylic acids is 1. The first kappa shape index (κ1) is 13.0. The van der Waals surface area contributed by atoms with E-state index in [0.717, 1.165) is 16.7 Å². The number of fused-ring (bicyclic) bond motifs is 1. The largest absolute Gasteiger partial charge is 0.377 e. The highest BCUT2D eigenvalue weighted by Crippen LogP contribution is 2.40. The fourth-order valence-electron chi connectivity index (χ4n) is 2.57. The van der Waals surface area contributed by atoms with E-state index >= 15 is 0 Å². The predicted molar refractivity (Wildman–Crippen MR) is 73.4 cm³/mol. The zero-order valence-corrected chi connectivity index (χ0v) is 11.4. The highest BCUT2D eigenvalue weighted by molar-refractivity contribution is 5.89. The Morgan fingerprint density at radius 1 is 1.33 bits per heavy atom. The second-order valence-electron chi connectivity index (χ2n) is 6.04. The summed E-state index contributed by atoms with van der Waals surface area (Å²) < 4.78 is 0. The summed E-state index contributed by atoms with van der Waals surface area (Å²) in [5, 5.41) is 10.7. The molecule has 0 aromatic heterocycles. The summed E-state index contributed by atoms with van der Waals surface area (Å²) in [6, 6.07) is 5.94. The third-order valence-corrected chi connectivity index (χ3v) is 3.61. The van der Waals surface area contributed by atoms with Crippen molar-refractivity contribution in [3.8, 4) is 0 Å². The molecule has 0 fully saturated rings. The molecule has 0 saturated carbocycles. The molecule has 18 heavy (non-hydrogen) atoms. The van der Waals surface area contributed by atoms with Crippen LogP contribution in [0.2, 0.25) is 0 Å². The molecule has 1 aromatic carbocycles. The average molecular weight is 244 g/mol. The van der Waals surface area contributed by atoms with Crippen LogP contribution in [0.15, 0.2) is 24.3 Å². The fourth-order valence-corrected chi connectivity index (χ4v) is 2.57. The highest BCUT2D eigenvalue weighted by atomic mass is 16.3. The monoisotopic (exact) mass is 244 g/mol. The summed E-state index contributed by atoms with van der Waals surface area (Å²) in [4.78, 5) is 11.9. The van der Waals surface area contributed by atoms with Crippen molar-refractivity contribution >= 4 is 11.9 Å². The number of hydrogen-bond acceptors (Lipinski definition) is 2. The molecule has 0 spiro atoms. The maximum atomic E-state index is 11.9. The first-order valence-corrected chi connectivity index (χ1v) is 6.31. The molecule has 1 aromatic rings. The maximum absolute atomic E-state index is 11.9. The topological polar surface area (TPSA) is 37.3 Å². The van der Waals surface area contributed by atoms with Gasteiger partial charge in [0.25, 0.3) is 0 Å². The van der Waals surface area contributed by atoms with Gasteiger partial charge in [-0.2, -0.15) is 0 Å². The maximum Gasteiger partial charge on any atom is 0.166 e. The number of Topliss-reactive ketones (excluding diaryl/α,β-unsaturated/α-hetero) is 1. The van der Waals surface area contributed by atoms with E-state index in [1.807, 2.05) is 30.4 Å². The van der Waals surface area contributed by atoms with Gasteiger partial charge in [-0.05, 0) is 23.5 Å². The Morgan fingerprint density at radius 2 is 2.00 bits per heavy atom. The number of benzene rings is 1. The molecule has 0 bridgehead atoms. The van der Waals surface area contributed by atoms with Crippen LogP contribution in [-0.2, 0) is 15.8 Å². The van der Waals surface area contributed by atoms with E-state index in [0.29, 0.717) is 6.42 Å². The second kappa shape index (κ2) is 4.06. The van der Waals surface area contributed by atoms with E-state index in [1.54, 1.807) is 0 Å². The van der Waals surface area contributed by atoms with Gasteiger partial charge in [0, 0.05) is 12.0 Å². The van der Waals surface area contributed by atoms with Crippen LogP contribution in [0, 0.1) is 0 Å². The molecule has 0 amide bonds. The summed E-state index contributed by atoms with van der Waals surface area (Å²) in [5.41, 5.74) is 1.31. The number of hydrogen-bond donors (Lipinski definition) is 1. The van der Waals surface area contributed by atoms with Gasteiger partial charge in [-0.15, -0.1) is 0 Å². The molecule has 1 aliphatic rings. The summed E-state index contributed by atoms with van der Waals surface area (Å²) in [6.07, 6.45) is 4.22. The number of aliphatic hydroxyl groups is 1. The lowest BCUT2D eigenvalue weighted by atomic mass is 9.72. The third kappa shape index (κ3) is 1.91. The van der Waals surface area contributed by atoms with Crippen LogP contribution in [0.1, 0.15) is 50.8 Å². The molecular formula is C16H20O2. The van der Waals surface area contributed by atoms with Crippen molar-refractivity contribution in [1.29, 1.82) is 0 Å². The normalized spacial score (nSPS) is 22.7. The Balaban J connectivity index is 2.77. The summed E-state index contributed by atoms with van der Waals surface area (Å²) >= 11 is 0. The van der Waals surface area contributed by atoms with E-state index in [-0.39, 0.29) is 11.2 Å². The lowest BCUT2D eigenvalue weighted by molar-refractivity contribution is -0.136. The quantitative estimate of drug-likeness (QED) is 0.823. The van der Waals surface area contributed by atoms with Gasteiger partial charge in [-0.3, -0.25) is 4.79 Å². The summed E-state index contributed by atoms with van der Waals surface area (Å²) in [5.74, 6) is -0.190. The molecule has 96 valence electrons. The molecule has 2 rings (SSSR count). The third-order valence-electron chi connectivity index (χ3n) is 3.61. The van der Waals surface area contributed by atoms with Crippen LogP contribution in [-0.4, -0.2) is 10.9 Å². The van der Waals surface area contributed by atoms with Crippen molar-refractivity contribution in [2.24, 2.45) is 0 Å². The minimum absolute atomic E-state index is 0.0973. The van der Waals surface area contributed by atoms with Crippen molar-refractivity contribution in [2.75, 3.05) is 0 Å². The Kier molecular flexibility index (Phi) is 2.94. The van der Waals surface area contributed by atoms with Crippen LogP contribution in [0.25, 0.3) is 6.08 Å². The van der Waals surface area contributed by atoms with E-state index in [2.05, 4.69) is 20.8 Å². The first-order valence-electron chi connectivity index (χ1n) is 6.31. The Labute approximate surface area is 108 Å². The van der Waals surface area contributed by atoms with Gasteiger partial charge in [0.1, 0.15) is 0 Å². The lowest BCUT2D eigenvalue weighted by Gasteiger charge is -2.35. The van der Waals surface area contributed by atoms with Crippen LogP contribution < -0.4 is 0 Å². The van der Waals surface area contributed by atoms with Gasteiger partial charge in [0.15, 0.2) is 11.4 Å². The molecule has 0 heterocycles. The van der Waals surface area contributed by atoms with Crippen LogP contribution in [0.5, 0.6) is 0 Å². The van der Waals surface area contributed by atoms with Gasteiger partial charge < -0.3 is 5.11 Å². The molecule has 2 nitrogen and oxygen atoms in total. The van der Waals surface area contributed by atoms with Crippen LogP contribution in [0.4, 0.5) is 0 Å². The van der Waals surface area contributed by atoms with Gasteiger partial charge in [0.2, 0.25) is 0 Å². The van der Waals surface area contributed by atoms with Gasteiger partial charge in [0.05, 0.1) is 0 Å². The molecule has 2 heteroatoms. The standard InChI is InChI=1S/C16H20O2/c1-11(17)16(18)10-6-8-12-7-5-9-13(14(12)16)15(2,3)4/h5-9,18H,10H2,1-4H3. The molecule has 0 radical (unpaired) electrons. The smallest absolute Gasteiger partial charge is 0.166 e. The highest BCUT2D eigenvalue weighted by Gasteiger charge is 2.40. The number of ketones is 1. The lowest BCUT2D eigenvalue weighted by Crippen LogP contribution is -2.38. The molecular weight excluding hydrogens is 224 g/mol. The molecule has 0 saturated heterocycles. The van der Waals surface area contributed by atoms with Crippen molar-refractivity contribution in [2.45, 2.75) is 45.1 Å². The fraction of sp³-hybridized carbons (Fsp3) is 0.438. The minimum Gasteiger partial charge on any atom is -0.377 e. The second-order valence-corrected chi connectivity index (χ2v) is 6.04. The zero-order valence-electron chi connectivity index (χ0n) is 11.4. The van der Waals surface area contributed by atoms with Crippen molar-refractivity contribution in [3.05, 3.63) is 41.0 Å². The van der Waals surface area contributed by atoms with Gasteiger partial charge >= 0.3 is 0 Å². The average Bonchev–Trinajstić information content (AvgIpc) is 2.27. The molecule has 1 aliphatic carbocycles. The van der Waals surface area contributed by atoms with Gasteiger partial charge in [-0.25, -0.2) is 0 Å². The van der Waals surface area contributed by atoms with Crippen LogP contribution in [0.3, 0.4) is 0 Å². The SMILES string of the molecule is CC(=O)C1(O)CC=Cc2cccc(C(C)(C)C)c21. The Morgan fingerprint density at radius 3 is 2.56 bits per heavy atom. The molecule has 1 atom stereocenters. The molecule has 1 unspecified atom stereocenters. The summed E-state index contributed by atoms with van der Waals surface area (Å²) in [7, 11) is 0. The Bertz CT molecular complexity index is 520. The minimum atomic E-state index is -1.37. The number of carbonyl (C=O) groups is 1. The first-order chi connectivity index (χ1) is 8.27.